The van der Waals surface area contributed by atoms with E-state index in [9.17, 15) is 13.2 Å². The van der Waals surface area contributed by atoms with E-state index in [4.69, 9.17) is 4.74 Å². The summed E-state index contributed by atoms with van der Waals surface area (Å²) in [6.45, 7) is 3.81. The van der Waals surface area contributed by atoms with Crippen molar-refractivity contribution < 1.29 is 22.8 Å². The van der Waals surface area contributed by atoms with Gasteiger partial charge in [0.05, 0.1) is 19.1 Å². The molecule has 0 aromatic heterocycles. The van der Waals surface area contributed by atoms with Crippen molar-refractivity contribution in [1.82, 2.24) is 14.7 Å². The molecule has 1 aliphatic rings. The molecule has 1 saturated heterocycles. The quantitative estimate of drug-likeness (QED) is 0.671. The number of benzene rings is 2. The SMILES string of the molecule is CONS(=O)(=O)c1ccc(C(=O)N2CCCN(Cc3ccc(OC)cc3)CC2)cc1. The molecule has 0 aliphatic carbocycles. The number of sulfonamides is 1. The van der Waals surface area contributed by atoms with E-state index >= 15 is 0 Å². The maximum atomic E-state index is 12.9. The standard InChI is InChI=1S/C21H27N3O5S/c1-28-19-8-4-17(5-9-19)16-23-12-3-13-24(15-14-23)21(25)18-6-10-20(11-7-18)30(26,27)22-29-2/h4-11,22H,3,12-16H2,1-2H3. The third-order valence-corrected chi connectivity index (χ3v) is 6.32. The number of carbonyl (C=O) groups excluding carboxylic acids is 1. The Labute approximate surface area is 177 Å². The predicted octanol–water partition coefficient (Wildman–Crippen LogP) is 1.88. The maximum absolute atomic E-state index is 12.9. The van der Waals surface area contributed by atoms with Gasteiger partial charge in [0.2, 0.25) is 0 Å². The summed E-state index contributed by atoms with van der Waals surface area (Å²) in [4.78, 5) is 23.5. The molecule has 8 nitrogen and oxygen atoms in total. The van der Waals surface area contributed by atoms with E-state index in [-0.39, 0.29) is 10.8 Å². The highest BCUT2D eigenvalue weighted by molar-refractivity contribution is 7.89. The van der Waals surface area contributed by atoms with Crippen LogP contribution in [0.25, 0.3) is 0 Å². The fourth-order valence-electron chi connectivity index (χ4n) is 3.44. The second-order valence-electron chi connectivity index (χ2n) is 7.09. The largest absolute Gasteiger partial charge is 0.497 e. The van der Waals surface area contributed by atoms with Gasteiger partial charge in [-0.3, -0.25) is 14.5 Å². The van der Waals surface area contributed by atoms with Gasteiger partial charge in [0.25, 0.3) is 15.9 Å². The fraction of sp³-hybridized carbons (Fsp3) is 0.381. The van der Waals surface area contributed by atoms with Gasteiger partial charge in [-0.15, -0.1) is 0 Å². The van der Waals surface area contributed by atoms with E-state index in [0.717, 1.165) is 31.8 Å². The van der Waals surface area contributed by atoms with Gasteiger partial charge in [-0.2, -0.15) is 0 Å². The highest BCUT2D eigenvalue weighted by atomic mass is 32.2. The number of hydrogen-bond donors (Lipinski definition) is 1. The lowest BCUT2D eigenvalue weighted by atomic mass is 10.2. The molecule has 0 spiro atoms. The van der Waals surface area contributed by atoms with Crippen LogP contribution in [-0.4, -0.2) is 64.5 Å². The Bertz CT molecular complexity index is 946. The van der Waals surface area contributed by atoms with Crippen molar-refractivity contribution >= 4 is 15.9 Å². The van der Waals surface area contributed by atoms with Crippen LogP contribution in [0.3, 0.4) is 0 Å². The molecule has 1 heterocycles. The normalized spacial score (nSPS) is 15.6. The first-order chi connectivity index (χ1) is 14.4. The molecular weight excluding hydrogens is 406 g/mol. The Morgan fingerprint density at radius 1 is 0.967 bits per heavy atom. The van der Waals surface area contributed by atoms with E-state index < -0.39 is 10.0 Å². The molecule has 1 amide bonds. The number of hydrogen-bond acceptors (Lipinski definition) is 6. The zero-order chi connectivity index (χ0) is 21.6. The van der Waals surface area contributed by atoms with Crippen LogP contribution in [0.4, 0.5) is 0 Å². The number of ether oxygens (including phenoxy) is 1. The number of nitrogens with zero attached hydrogens (tertiary/aromatic N) is 2. The molecule has 1 fully saturated rings. The molecule has 9 heteroatoms. The van der Waals surface area contributed by atoms with Crippen LogP contribution in [-0.2, 0) is 21.4 Å². The molecule has 2 aromatic rings. The van der Waals surface area contributed by atoms with Gasteiger partial charge >= 0.3 is 0 Å². The van der Waals surface area contributed by atoms with Crippen LogP contribution in [0.1, 0.15) is 22.3 Å². The summed E-state index contributed by atoms with van der Waals surface area (Å²) < 4.78 is 29.1. The van der Waals surface area contributed by atoms with E-state index in [2.05, 4.69) is 21.9 Å². The van der Waals surface area contributed by atoms with Gasteiger partial charge in [-0.05, 0) is 48.4 Å². The van der Waals surface area contributed by atoms with Crippen molar-refractivity contribution in [3.63, 3.8) is 0 Å². The summed E-state index contributed by atoms with van der Waals surface area (Å²) in [5.74, 6) is 0.744. The van der Waals surface area contributed by atoms with Gasteiger partial charge in [0, 0.05) is 38.3 Å². The smallest absolute Gasteiger partial charge is 0.262 e. The van der Waals surface area contributed by atoms with Gasteiger partial charge in [-0.1, -0.05) is 17.0 Å². The minimum Gasteiger partial charge on any atom is -0.497 e. The topological polar surface area (TPSA) is 88.2 Å². The average Bonchev–Trinajstić information content (AvgIpc) is 2.99. The predicted molar refractivity (Wildman–Crippen MR) is 113 cm³/mol. The molecule has 1 aliphatic heterocycles. The number of amides is 1. The second-order valence-corrected chi connectivity index (χ2v) is 8.73. The van der Waals surface area contributed by atoms with E-state index in [0.29, 0.717) is 18.7 Å². The van der Waals surface area contributed by atoms with Gasteiger partial charge in [-0.25, -0.2) is 8.42 Å². The Morgan fingerprint density at radius 3 is 2.30 bits per heavy atom. The summed E-state index contributed by atoms with van der Waals surface area (Å²) in [7, 11) is -0.857. The molecule has 0 unspecified atom stereocenters. The molecule has 0 saturated carbocycles. The van der Waals surface area contributed by atoms with Crippen LogP contribution in [0.5, 0.6) is 5.75 Å². The Kier molecular flexibility index (Phi) is 7.43. The van der Waals surface area contributed by atoms with Crippen LogP contribution in [0.15, 0.2) is 53.4 Å². The zero-order valence-electron chi connectivity index (χ0n) is 17.2. The van der Waals surface area contributed by atoms with Crippen LogP contribution in [0.2, 0.25) is 0 Å². The number of nitrogens with one attached hydrogen (secondary N) is 1. The lowest BCUT2D eigenvalue weighted by Crippen LogP contribution is -2.35. The minimum atomic E-state index is -3.74. The molecule has 0 radical (unpaired) electrons. The van der Waals surface area contributed by atoms with Crippen molar-refractivity contribution in [2.24, 2.45) is 0 Å². The van der Waals surface area contributed by atoms with Crippen LogP contribution < -0.4 is 9.62 Å². The summed E-state index contributed by atoms with van der Waals surface area (Å²) in [5, 5.41) is 0. The van der Waals surface area contributed by atoms with Crippen LogP contribution >= 0.6 is 0 Å². The fourth-order valence-corrected chi connectivity index (χ4v) is 4.25. The molecular formula is C21H27N3O5S. The first kappa shape index (κ1) is 22.2. The summed E-state index contributed by atoms with van der Waals surface area (Å²) in [6.07, 6.45) is 0.881. The molecule has 2 aromatic carbocycles. The zero-order valence-corrected chi connectivity index (χ0v) is 18.0. The van der Waals surface area contributed by atoms with Crippen molar-refractivity contribution in [1.29, 1.82) is 0 Å². The van der Waals surface area contributed by atoms with Crippen LogP contribution in [0, 0.1) is 0 Å². The molecule has 1 N–H and O–H groups in total. The minimum absolute atomic E-state index is 0.0439. The summed E-state index contributed by atoms with van der Waals surface area (Å²) >= 11 is 0. The molecule has 30 heavy (non-hydrogen) atoms. The highest BCUT2D eigenvalue weighted by Gasteiger charge is 2.21. The summed E-state index contributed by atoms with van der Waals surface area (Å²) in [6, 6.07) is 13.9. The number of carbonyl (C=O) groups is 1. The lowest BCUT2D eigenvalue weighted by molar-refractivity contribution is 0.0761. The third-order valence-electron chi connectivity index (χ3n) is 5.05. The maximum Gasteiger partial charge on any atom is 0.262 e. The van der Waals surface area contributed by atoms with Crippen molar-refractivity contribution in [3.05, 3.63) is 59.7 Å². The van der Waals surface area contributed by atoms with E-state index in [1.165, 1.54) is 36.9 Å². The second kappa shape index (κ2) is 10.0. The Hall–Kier alpha value is -2.46. The first-order valence-corrected chi connectivity index (χ1v) is 11.2. The van der Waals surface area contributed by atoms with E-state index in [1.54, 1.807) is 7.11 Å². The number of rotatable bonds is 7. The monoisotopic (exact) mass is 433 g/mol. The highest BCUT2D eigenvalue weighted by Crippen LogP contribution is 2.16. The summed E-state index contributed by atoms with van der Waals surface area (Å²) in [5.41, 5.74) is 1.67. The first-order valence-electron chi connectivity index (χ1n) is 9.72. The third kappa shape index (κ3) is 5.57. The molecule has 3 rings (SSSR count). The Balaban J connectivity index is 1.59. The van der Waals surface area contributed by atoms with Gasteiger partial charge in [0.1, 0.15) is 5.75 Å². The average molecular weight is 434 g/mol. The molecule has 0 atom stereocenters. The Morgan fingerprint density at radius 2 is 1.67 bits per heavy atom. The molecule has 162 valence electrons. The lowest BCUT2D eigenvalue weighted by Gasteiger charge is -2.22. The van der Waals surface area contributed by atoms with Gasteiger partial charge in [0.15, 0.2) is 0 Å². The van der Waals surface area contributed by atoms with Crippen molar-refractivity contribution in [2.75, 3.05) is 40.4 Å². The van der Waals surface area contributed by atoms with Crippen molar-refractivity contribution in [2.45, 2.75) is 17.9 Å². The van der Waals surface area contributed by atoms with Crippen molar-refractivity contribution in [3.8, 4) is 5.75 Å². The van der Waals surface area contributed by atoms with Gasteiger partial charge < -0.3 is 9.64 Å². The molecule has 0 bridgehead atoms. The number of methoxy groups -OCH3 is 1. The van der Waals surface area contributed by atoms with E-state index in [1.807, 2.05) is 21.9 Å².